The molecule has 0 unspecified atom stereocenters. The van der Waals surface area contributed by atoms with E-state index in [9.17, 15) is 0 Å². The fourth-order valence-corrected chi connectivity index (χ4v) is 13.4. The fraction of sp³-hybridized carbons (Fsp3) is 0.188. The molecule has 0 aliphatic carbocycles. The predicted molar refractivity (Wildman–Crippen MR) is 383 cm³/mol. The van der Waals surface area contributed by atoms with Crippen LogP contribution in [0.3, 0.4) is 0 Å². The summed E-state index contributed by atoms with van der Waals surface area (Å²) in [6.45, 7) is 27.5. The minimum Gasteiger partial charge on any atom is -0.455 e. The summed E-state index contributed by atoms with van der Waals surface area (Å²) >= 11 is 0. The molecule has 0 bridgehead atoms. The zero-order chi connectivity index (χ0) is 62.9. The van der Waals surface area contributed by atoms with E-state index >= 15 is 0 Å². The van der Waals surface area contributed by atoms with Crippen LogP contribution in [-0.4, -0.2) is 24.1 Å². The standard InChI is InChI=1S/C85H75N5O/c1-82(2,3)59-43-57(44-60(50-59)83(4,5)6)79-86-80(58-45-61(84(7,8)9)51-62(46-58)85(10,11)12)88-81(87-79)69-49-56(37-41-74(69)90-71-33-23-20-31-66(71)77-75(90)42-38-65-64-30-21-24-34-76(64)91-78(65)77)63-29-19-22-32-70(63)89-72-39-35-54(52-25-15-13-16-26-52)47-67(72)68-48-55(36-40-73(68)89)53-27-17-14-18-28-53/h13-51H,1-12H3. The van der Waals surface area contributed by atoms with E-state index in [0.29, 0.717) is 17.5 Å². The van der Waals surface area contributed by atoms with Crippen LogP contribution in [0, 0.1) is 0 Å². The van der Waals surface area contributed by atoms with Crippen molar-refractivity contribution in [2.45, 2.75) is 105 Å². The molecule has 0 fully saturated rings. The first-order valence-corrected chi connectivity index (χ1v) is 32.0. The Morgan fingerprint density at radius 3 is 1.25 bits per heavy atom. The Labute approximate surface area is 533 Å². The van der Waals surface area contributed by atoms with Crippen LogP contribution in [0.5, 0.6) is 0 Å². The number of hydrogen-bond acceptors (Lipinski definition) is 4. The van der Waals surface area contributed by atoms with Gasteiger partial charge in [0.2, 0.25) is 0 Å². The third kappa shape index (κ3) is 10.1. The molecular formula is C85H75N5O. The number of nitrogens with zero attached hydrogens (tertiary/aromatic N) is 5. The molecule has 15 aromatic rings. The van der Waals surface area contributed by atoms with Crippen LogP contribution in [0.4, 0.5) is 0 Å². The molecule has 446 valence electrons. The summed E-state index contributed by atoms with van der Waals surface area (Å²) in [6, 6.07) is 86.6. The average Bonchev–Trinajstić information content (AvgIpc) is 1.61. The van der Waals surface area contributed by atoms with Crippen molar-refractivity contribution in [3.05, 3.63) is 259 Å². The predicted octanol–water partition coefficient (Wildman–Crippen LogP) is 23.2. The van der Waals surface area contributed by atoms with E-state index < -0.39 is 0 Å². The van der Waals surface area contributed by atoms with E-state index in [-0.39, 0.29) is 21.7 Å². The normalized spacial score (nSPS) is 12.6. The lowest BCUT2D eigenvalue weighted by Gasteiger charge is -2.26. The van der Waals surface area contributed by atoms with Crippen molar-refractivity contribution in [3.63, 3.8) is 0 Å². The van der Waals surface area contributed by atoms with E-state index in [1.54, 1.807) is 0 Å². The second-order valence-electron chi connectivity index (χ2n) is 29.0. The van der Waals surface area contributed by atoms with E-state index in [2.05, 4.69) is 323 Å². The number of aromatic nitrogens is 5. The summed E-state index contributed by atoms with van der Waals surface area (Å²) in [5.74, 6) is 1.81. The first kappa shape index (κ1) is 57.3. The van der Waals surface area contributed by atoms with Crippen molar-refractivity contribution in [2.75, 3.05) is 0 Å². The summed E-state index contributed by atoms with van der Waals surface area (Å²) < 4.78 is 11.8. The fourth-order valence-electron chi connectivity index (χ4n) is 13.4. The smallest absolute Gasteiger partial charge is 0.166 e. The van der Waals surface area contributed by atoms with E-state index in [1.165, 1.54) is 55.3 Å². The second kappa shape index (κ2) is 21.2. The highest BCUT2D eigenvalue weighted by atomic mass is 16.3. The van der Waals surface area contributed by atoms with E-state index in [0.717, 1.165) is 94.0 Å². The lowest BCUT2D eigenvalue weighted by molar-refractivity contribution is 0.568. The molecule has 0 atom stereocenters. The van der Waals surface area contributed by atoms with Crippen LogP contribution in [0.25, 0.3) is 144 Å². The Morgan fingerprint density at radius 1 is 0.275 bits per heavy atom. The van der Waals surface area contributed by atoms with Crippen LogP contribution >= 0.6 is 0 Å². The molecule has 0 N–H and O–H groups in total. The molecule has 6 heteroatoms. The highest BCUT2D eigenvalue weighted by molar-refractivity contribution is 6.24. The van der Waals surface area contributed by atoms with Crippen molar-refractivity contribution < 1.29 is 4.42 Å². The van der Waals surface area contributed by atoms with Gasteiger partial charge in [0.05, 0.1) is 38.8 Å². The molecular weight excluding hydrogens is 1110 g/mol. The third-order valence-corrected chi connectivity index (χ3v) is 18.6. The average molecular weight is 1180 g/mol. The Morgan fingerprint density at radius 2 is 0.703 bits per heavy atom. The molecule has 0 amide bonds. The minimum atomic E-state index is -0.154. The quantitative estimate of drug-likeness (QED) is 0.152. The van der Waals surface area contributed by atoms with Crippen LogP contribution in [0.2, 0.25) is 0 Å². The van der Waals surface area contributed by atoms with Gasteiger partial charge in [0.1, 0.15) is 11.2 Å². The Balaban J connectivity index is 1.04. The SMILES string of the molecule is CC(C)(C)c1cc(-c2nc(-c3cc(C(C)(C)C)cc(C(C)(C)C)c3)nc(-c3cc(-c4ccccc4-n4c5ccc(-c6ccccc6)cc5c5cc(-c6ccccc6)ccc54)ccc3-n3c4ccccc4c4c5oc6ccccc6c5ccc43)n2)cc(C(C)(C)C)c1. The zero-order valence-electron chi connectivity index (χ0n) is 54.2. The molecule has 6 nitrogen and oxygen atoms in total. The molecule has 0 saturated carbocycles. The van der Waals surface area contributed by atoms with Gasteiger partial charge in [-0.2, -0.15) is 0 Å². The van der Waals surface area contributed by atoms with Crippen LogP contribution in [0.1, 0.15) is 105 Å². The van der Waals surface area contributed by atoms with Gasteiger partial charge in [-0.15, -0.1) is 0 Å². The lowest BCUT2D eigenvalue weighted by Crippen LogP contribution is -2.17. The number of furan rings is 1. The monoisotopic (exact) mass is 1180 g/mol. The summed E-state index contributed by atoms with van der Waals surface area (Å²) in [6.07, 6.45) is 0. The molecule has 0 aliphatic heterocycles. The largest absolute Gasteiger partial charge is 0.455 e. The van der Waals surface area contributed by atoms with Crippen molar-refractivity contribution in [3.8, 4) is 78.9 Å². The summed E-state index contributed by atoms with van der Waals surface area (Å²) in [4.78, 5) is 17.2. The molecule has 0 aliphatic rings. The van der Waals surface area contributed by atoms with Gasteiger partial charge in [0.15, 0.2) is 17.5 Å². The zero-order valence-corrected chi connectivity index (χ0v) is 54.2. The molecule has 0 saturated heterocycles. The number of hydrogen-bond donors (Lipinski definition) is 0. The Hall–Kier alpha value is -10.2. The second-order valence-corrected chi connectivity index (χ2v) is 29.0. The van der Waals surface area contributed by atoms with Gasteiger partial charge in [-0.1, -0.05) is 229 Å². The number of benzene rings is 11. The molecule has 0 spiro atoms. The molecule has 15 rings (SSSR count). The summed E-state index contributed by atoms with van der Waals surface area (Å²) in [5, 5.41) is 6.70. The van der Waals surface area contributed by atoms with Crippen LogP contribution in [0.15, 0.2) is 241 Å². The lowest BCUT2D eigenvalue weighted by atomic mass is 9.79. The maximum absolute atomic E-state index is 6.90. The van der Waals surface area contributed by atoms with Crippen LogP contribution < -0.4 is 0 Å². The van der Waals surface area contributed by atoms with Gasteiger partial charge in [0.25, 0.3) is 0 Å². The molecule has 11 aromatic carbocycles. The van der Waals surface area contributed by atoms with Gasteiger partial charge in [0, 0.05) is 49.2 Å². The minimum absolute atomic E-state index is 0.154. The summed E-state index contributed by atoms with van der Waals surface area (Å²) in [7, 11) is 0. The maximum Gasteiger partial charge on any atom is 0.166 e. The summed E-state index contributed by atoms with van der Waals surface area (Å²) in [5.41, 5.74) is 21.9. The van der Waals surface area contributed by atoms with Gasteiger partial charge in [-0.25, -0.2) is 15.0 Å². The van der Waals surface area contributed by atoms with Gasteiger partial charge < -0.3 is 13.6 Å². The molecule has 91 heavy (non-hydrogen) atoms. The highest BCUT2D eigenvalue weighted by Gasteiger charge is 2.28. The van der Waals surface area contributed by atoms with Crippen molar-refractivity contribution in [1.82, 2.24) is 24.1 Å². The topological polar surface area (TPSA) is 61.7 Å². The first-order valence-electron chi connectivity index (χ1n) is 32.0. The Bertz CT molecular complexity index is 5120. The van der Waals surface area contributed by atoms with Crippen molar-refractivity contribution >= 4 is 65.6 Å². The number of fused-ring (bicyclic) bond motifs is 10. The maximum atomic E-state index is 6.90. The van der Waals surface area contributed by atoms with Gasteiger partial charge >= 0.3 is 0 Å². The van der Waals surface area contributed by atoms with Gasteiger partial charge in [-0.05, 0) is 163 Å². The van der Waals surface area contributed by atoms with Crippen molar-refractivity contribution in [1.29, 1.82) is 0 Å². The molecule has 4 heterocycles. The highest BCUT2D eigenvalue weighted by Crippen LogP contribution is 2.46. The van der Waals surface area contributed by atoms with Gasteiger partial charge in [-0.3, -0.25) is 0 Å². The van der Waals surface area contributed by atoms with E-state index in [4.69, 9.17) is 19.4 Å². The third-order valence-electron chi connectivity index (χ3n) is 18.6. The number of para-hydroxylation sites is 3. The van der Waals surface area contributed by atoms with Crippen molar-refractivity contribution in [2.24, 2.45) is 0 Å². The first-order chi connectivity index (χ1) is 43.6. The number of rotatable bonds is 8. The van der Waals surface area contributed by atoms with Crippen LogP contribution in [-0.2, 0) is 21.7 Å². The molecule has 4 aromatic heterocycles. The van der Waals surface area contributed by atoms with E-state index in [1.807, 2.05) is 6.07 Å². The molecule has 0 radical (unpaired) electrons. The Kier molecular flexibility index (Phi) is 13.4.